The highest BCUT2D eigenvalue weighted by atomic mass is 19.1. The summed E-state index contributed by atoms with van der Waals surface area (Å²) in [6.45, 7) is 8.47. The molecule has 0 unspecified atom stereocenters. The van der Waals surface area contributed by atoms with E-state index >= 15 is 0 Å². The zero-order chi connectivity index (χ0) is 25.3. The molecule has 5 heteroatoms. The SMILES string of the molecule is COc1ccc(F)c(-c2ccc(COc3ccc4c(c3)[C@H]([C@H](C)C(=O)O)CC4)cc2C(C)(C)C)c1. The van der Waals surface area contributed by atoms with E-state index in [-0.39, 0.29) is 17.2 Å². The number of rotatable bonds is 7. The molecule has 2 atom stereocenters. The van der Waals surface area contributed by atoms with Gasteiger partial charge in [0.25, 0.3) is 0 Å². The van der Waals surface area contributed by atoms with Crippen LogP contribution in [0.3, 0.4) is 0 Å². The highest BCUT2D eigenvalue weighted by molar-refractivity contribution is 5.72. The quantitative estimate of drug-likeness (QED) is 0.394. The molecule has 0 aliphatic heterocycles. The summed E-state index contributed by atoms with van der Waals surface area (Å²) in [7, 11) is 1.58. The molecule has 0 radical (unpaired) electrons. The number of aryl methyl sites for hydroxylation is 1. The molecular formula is C30H33FO4. The minimum atomic E-state index is -0.767. The van der Waals surface area contributed by atoms with Crippen LogP contribution < -0.4 is 9.47 Å². The maximum Gasteiger partial charge on any atom is 0.306 e. The number of carboxylic acid groups (broad SMARTS) is 1. The molecule has 0 bridgehead atoms. The van der Waals surface area contributed by atoms with Crippen LogP contribution in [0.25, 0.3) is 11.1 Å². The number of hydrogen-bond acceptors (Lipinski definition) is 3. The Bertz CT molecular complexity index is 1240. The van der Waals surface area contributed by atoms with Crippen LogP contribution in [0.4, 0.5) is 4.39 Å². The van der Waals surface area contributed by atoms with Crippen LogP contribution in [-0.2, 0) is 23.2 Å². The fourth-order valence-corrected chi connectivity index (χ4v) is 4.93. The van der Waals surface area contributed by atoms with Crippen molar-refractivity contribution in [1.82, 2.24) is 0 Å². The highest BCUT2D eigenvalue weighted by Crippen LogP contribution is 2.41. The van der Waals surface area contributed by atoms with Gasteiger partial charge in [0.1, 0.15) is 23.9 Å². The monoisotopic (exact) mass is 476 g/mol. The maximum atomic E-state index is 14.8. The summed E-state index contributed by atoms with van der Waals surface area (Å²) < 4.78 is 26.2. The van der Waals surface area contributed by atoms with Crippen LogP contribution in [0.5, 0.6) is 11.5 Å². The van der Waals surface area contributed by atoms with Gasteiger partial charge in [-0.25, -0.2) is 4.39 Å². The van der Waals surface area contributed by atoms with Gasteiger partial charge in [-0.1, -0.05) is 52.0 Å². The average Bonchev–Trinajstić information content (AvgIpc) is 3.25. The lowest BCUT2D eigenvalue weighted by atomic mass is 9.81. The lowest BCUT2D eigenvalue weighted by molar-refractivity contribution is -0.141. The summed E-state index contributed by atoms with van der Waals surface area (Å²) >= 11 is 0. The molecule has 0 fully saturated rings. The predicted molar refractivity (Wildman–Crippen MR) is 136 cm³/mol. The van der Waals surface area contributed by atoms with Crippen molar-refractivity contribution in [1.29, 1.82) is 0 Å². The van der Waals surface area contributed by atoms with Crippen molar-refractivity contribution in [2.45, 2.75) is 58.5 Å². The molecule has 3 aromatic carbocycles. The molecule has 3 aromatic rings. The molecule has 0 amide bonds. The van der Waals surface area contributed by atoms with Crippen molar-refractivity contribution in [3.8, 4) is 22.6 Å². The number of hydrogen-bond donors (Lipinski definition) is 1. The molecule has 0 saturated carbocycles. The van der Waals surface area contributed by atoms with Crippen molar-refractivity contribution in [2.24, 2.45) is 5.92 Å². The molecule has 0 heterocycles. The minimum Gasteiger partial charge on any atom is -0.497 e. The Hall–Kier alpha value is -3.34. The second-order valence-electron chi connectivity index (χ2n) is 10.4. The van der Waals surface area contributed by atoms with Gasteiger partial charge in [0.15, 0.2) is 0 Å². The fourth-order valence-electron chi connectivity index (χ4n) is 4.93. The molecule has 0 saturated heterocycles. The van der Waals surface area contributed by atoms with Crippen molar-refractivity contribution in [2.75, 3.05) is 7.11 Å². The average molecular weight is 477 g/mol. The Kier molecular flexibility index (Phi) is 6.88. The molecular weight excluding hydrogens is 443 g/mol. The second kappa shape index (κ2) is 9.73. The van der Waals surface area contributed by atoms with Gasteiger partial charge in [0.05, 0.1) is 13.0 Å². The van der Waals surface area contributed by atoms with Gasteiger partial charge in [-0.2, -0.15) is 0 Å². The number of halogens is 1. The summed E-state index contributed by atoms with van der Waals surface area (Å²) in [5, 5.41) is 9.47. The summed E-state index contributed by atoms with van der Waals surface area (Å²) in [5.74, 6) is -0.129. The zero-order valence-electron chi connectivity index (χ0n) is 21.0. The maximum absolute atomic E-state index is 14.8. The number of methoxy groups -OCH3 is 1. The van der Waals surface area contributed by atoms with Gasteiger partial charge >= 0.3 is 5.97 Å². The molecule has 1 aliphatic rings. The van der Waals surface area contributed by atoms with E-state index in [2.05, 4.69) is 32.9 Å². The van der Waals surface area contributed by atoms with Gasteiger partial charge < -0.3 is 14.6 Å². The summed E-state index contributed by atoms with van der Waals surface area (Å²) in [4.78, 5) is 11.5. The Morgan fingerprint density at radius 3 is 2.49 bits per heavy atom. The lowest BCUT2D eigenvalue weighted by Gasteiger charge is -2.25. The van der Waals surface area contributed by atoms with Gasteiger partial charge in [-0.3, -0.25) is 4.79 Å². The van der Waals surface area contributed by atoms with E-state index in [0.29, 0.717) is 17.9 Å². The third-order valence-corrected chi connectivity index (χ3v) is 7.00. The van der Waals surface area contributed by atoms with Crippen LogP contribution in [0.2, 0.25) is 0 Å². The number of aliphatic carboxylic acids is 1. The molecule has 0 aromatic heterocycles. The molecule has 35 heavy (non-hydrogen) atoms. The topological polar surface area (TPSA) is 55.8 Å². The van der Waals surface area contributed by atoms with E-state index in [0.717, 1.165) is 40.8 Å². The second-order valence-corrected chi connectivity index (χ2v) is 10.4. The molecule has 184 valence electrons. The summed E-state index contributed by atoms with van der Waals surface area (Å²) in [5.41, 5.74) is 5.42. The van der Waals surface area contributed by atoms with Crippen molar-refractivity contribution in [3.63, 3.8) is 0 Å². The Morgan fingerprint density at radius 2 is 1.80 bits per heavy atom. The first-order valence-electron chi connectivity index (χ1n) is 12.0. The van der Waals surface area contributed by atoms with Gasteiger partial charge in [0, 0.05) is 5.56 Å². The van der Waals surface area contributed by atoms with Crippen molar-refractivity contribution < 1.29 is 23.8 Å². The first-order chi connectivity index (χ1) is 16.6. The fraction of sp³-hybridized carbons (Fsp3) is 0.367. The Labute approximate surface area is 206 Å². The molecule has 0 spiro atoms. The van der Waals surface area contributed by atoms with E-state index in [1.165, 1.54) is 11.6 Å². The Balaban J connectivity index is 1.60. The van der Waals surface area contributed by atoms with Crippen LogP contribution in [0.1, 0.15) is 62.3 Å². The first kappa shape index (κ1) is 24.8. The van der Waals surface area contributed by atoms with Crippen LogP contribution in [-0.4, -0.2) is 18.2 Å². The van der Waals surface area contributed by atoms with Gasteiger partial charge in [-0.15, -0.1) is 0 Å². The van der Waals surface area contributed by atoms with Crippen molar-refractivity contribution >= 4 is 5.97 Å². The van der Waals surface area contributed by atoms with Gasteiger partial charge in [-0.05, 0) is 82.3 Å². The molecule has 1 aliphatic carbocycles. The molecule has 4 nitrogen and oxygen atoms in total. The van der Waals surface area contributed by atoms with Crippen molar-refractivity contribution in [3.05, 3.63) is 82.7 Å². The summed E-state index contributed by atoms with van der Waals surface area (Å²) in [6, 6.07) is 16.8. The first-order valence-corrected chi connectivity index (χ1v) is 12.0. The van der Waals surface area contributed by atoms with E-state index in [4.69, 9.17) is 9.47 Å². The Morgan fingerprint density at radius 1 is 1.06 bits per heavy atom. The number of carbonyl (C=O) groups is 1. The van der Waals surface area contributed by atoms with E-state index in [9.17, 15) is 14.3 Å². The largest absolute Gasteiger partial charge is 0.497 e. The zero-order valence-corrected chi connectivity index (χ0v) is 21.0. The van der Waals surface area contributed by atoms with E-state index in [1.54, 1.807) is 26.2 Å². The third-order valence-electron chi connectivity index (χ3n) is 7.00. The summed E-state index contributed by atoms with van der Waals surface area (Å²) in [6.07, 6.45) is 1.75. The molecule has 1 N–H and O–H groups in total. The van der Waals surface area contributed by atoms with Gasteiger partial charge in [0.2, 0.25) is 0 Å². The minimum absolute atomic E-state index is 0.00980. The van der Waals surface area contributed by atoms with E-state index < -0.39 is 11.9 Å². The van der Waals surface area contributed by atoms with Crippen LogP contribution >= 0.6 is 0 Å². The van der Waals surface area contributed by atoms with E-state index in [1.807, 2.05) is 24.3 Å². The normalized spacial score (nSPS) is 16.0. The number of ether oxygens (including phenoxy) is 2. The van der Waals surface area contributed by atoms with Crippen LogP contribution in [0, 0.1) is 11.7 Å². The smallest absolute Gasteiger partial charge is 0.306 e. The lowest BCUT2D eigenvalue weighted by Crippen LogP contribution is -2.17. The highest BCUT2D eigenvalue weighted by Gasteiger charge is 2.31. The van der Waals surface area contributed by atoms with Crippen LogP contribution in [0.15, 0.2) is 54.6 Å². The molecule has 4 rings (SSSR count). The predicted octanol–water partition coefficient (Wildman–Crippen LogP) is 7.13. The standard InChI is InChI=1S/C30H33FO4/c1-18(29(32)33)23-12-8-20-7-9-22(16-25(20)23)35-17-19-6-11-24(27(14-19)30(2,3)4)26-15-21(34-5)10-13-28(26)31/h6-7,9-11,13-16,18,23H,8,12,17H2,1-5H3,(H,32,33)/t18-,23-/m0/s1. The number of benzene rings is 3. The number of carboxylic acids is 1. The third kappa shape index (κ3) is 5.19. The number of fused-ring (bicyclic) bond motifs is 1.